The Kier molecular flexibility index (Phi) is 11.2. The van der Waals surface area contributed by atoms with Gasteiger partial charge in [0.25, 0.3) is 11.8 Å². The molecule has 294 valence electrons. The van der Waals surface area contributed by atoms with E-state index in [-0.39, 0.29) is 17.9 Å². The van der Waals surface area contributed by atoms with Crippen molar-refractivity contribution in [2.75, 3.05) is 51.0 Å². The van der Waals surface area contributed by atoms with Crippen LogP contribution >= 0.6 is 11.8 Å². The molecule has 0 radical (unpaired) electrons. The lowest BCUT2D eigenvalue weighted by atomic mass is 9.89. The summed E-state index contributed by atoms with van der Waals surface area (Å²) in [6, 6.07) is 29.6. The molecule has 1 fully saturated rings. The molecule has 0 spiro atoms. The zero-order valence-electron chi connectivity index (χ0n) is 33.0. The van der Waals surface area contributed by atoms with Gasteiger partial charge in [-0.3, -0.25) is 14.5 Å². The molecule has 10 nitrogen and oxygen atoms in total. The summed E-state index contributed by atoms with van der Waals surface area (Å²) in [5.41, 5.74) is 9.57. The SMILES string of the molecule is CSc1cccc(OC(=O)N2CCc3cc(-c4cc(C(=O)Nc5ccccc5C)c(C)n4C)c(C(=O)N4Cc5ccccc5C[C@H]4CN4CCOCC4)cc3C2)c1. The summed E-state index contributed by atoms with van der Waals surface area (Å²) in [4.78, 5) is 49.9. The third-order valence-corrected chi connectivity index (χ3v) is 12.5. The summed E-state index contributed by atoms with van der Waals surface area (Å²) < 4.78 is 13.5. The summed E-state index contributed by atoms with van der Waals surface area (Å²) in [5.74, 6) is 0.228. The van der Waals surface area contributed by atoms with Crippen molar-refractivity contribution in [3.05, 3.63) is 136 Å². The second kappa shape index (κ2) is 16.6. The Hall–Kier alpha value is -5.36. The Morgan fingerprint density at radius 1 is 0.825 bits per heavy atom. The third kappa shape index (κ3) is 8.10. The first-order valence-corrected chi connectivity index (χ1v) is 20.9. The summed E-state index contributed by atoms with van der Waals surface area (Å²) in [6.07, 6.45) is 2.92. The first kappa shape index (κ1) is 38.5. The van der Waals surface area contributed by atoms with E-state index >= 15 is 4.79 Å². The number of ether oxygens (including phenoxy) is 2. The molecule has 4 aromatic carbocycles. The van der Waals surface area contributed by atoms with Gasteiger partial charge in [-0.25, -0.2) is 4.79 Å². The topological polar surface area (TPSA) is 96.3 Å². The Morgan fingerprint density at radius 3 is 2.39 bits per heavy atom. The van der Waals surface area contributed by atoms with Crippen molar-refractivity contribution in [2.24, 2.45) is 7.05 Å². The summed E-state index contributed by atoms with van der Waals surface area (Å²) >= 11 is 1.59. The second-order valence-electron chi connectivity index (χ2n) is 15.2. The van der Waals surface area contributed by atoms with Crippen molar-refractivity contribution >= 4 is 35.4 Å². The minimum atomic E-state index is -0.420. The summed E-state index contributed by atoms with van der Waals surface area (Å²) in [7, 11) is 1.95. The van der Waals surface area contributed by atoms with Crippen LogP contribution in [0.5, 0.6) is 5.75 Å². The molecule has 4 heterocycles. The third-order valence-electron chi connectivity index (χ3n) is 11.7. The average molecular weight is 784 g/mol. The maximum Gasteiger partial charge on any atom is 0.415 e. The molecule has 0 unspecified atom stereocenters. The molecule has 11 heteroatoms. The van der Waals surface area contributed by atoms with Crippen molar-refractivity contribution in [1.29, 1.82) is 0 Å². The maximum absolute atomic E-state index is 15.4. The number of carbonyl (C=O) groups excluding carboxylic acids is 3. The number of anilines is 1. The lowest BCUT2D eigenvalue weighted by Gasteiger charge is -2.41. The van der Waals surface area contributed by atoms with Gasteiger partial charge in [0.2, 0.25) is 0 Å². The van der Waals surface area contributed by atoms with Gasteiger partial charge in [0.05, 0.1) is 18.8 Å². The number of para-hydroxylation sites is 1. The van der Waals surface area contributed by atoms with E-state index in [9.17, 15) is 9.59 Å². The zero-order chi connectivity index (χ0) is 39.6. The number of nitrogens with one attached hydrogen (secondary N) is 1. The lowest BCUT2D eigenvalue weighted by Crippen LogP contribution is -2.52. The van der Waals surface area contributed by atoms with Gasteiger partial charge in [0, 0.05) is 85.5 Å². The maximum atomic E-state index is 15.4. The molecular weight excluding hydrogens is 735 g/mol. The van der Waals surface area contributed by atoms with Crippen LogP contribution in [-0.2, 0) is 37.7 Å². The highest BCUT2D eigenvalue weighted by Gasteiger charge is 2.35. The van der Waals surface area contributed by atoms with Crippen LogP contribution in [0.4, 0.5) is 10.5 Å². The molecular formula is C46H49N5O5S. The average Bonchev–Trinajstić information content (AvgIpc) is 3.53. The molecule has 0 saturated carbocycles. The van der Waals surface area contributed by atoms with Gasteiger partial charge >= 0.3 is 6.09 Å². The minimum absolute atomic E-state index is 0.0523. The molecule has 3 aliphatic heterocycles. The summed E-state index contributed by atoms with van der Waals surface area (Å²) in [6.45, 7) is 8.95. The molecule has 5 aromatic rings. The van der Waals surface area contributed by atoms with Crippen LogP contribution in [0, 0.1) is 13.8 Å². The van der Waals surface area contributed by atoms with E-state index < -0.39 is 6.09 Å². The van der Waals surface area contributed by atoms with Crippen molar-refractivity contribution in [3.8, 4) is 17.0 Å². The highest BCUT2D eigenvalue weighted by Crippen LogP contribution is 2.36. The molecule has 0 aliphatic carbocycles. The van der Waals surface area contributed by atoms with Crippen molar-refractivity contribution in [3.63, 3.8) is 0 Å². The number of nitrogens with zero attached hydrogens (tertiary/aromatic N) is 4. The summed E-state index contributed by atoms with van der Waals surface area (Å²) in [5, 5.41) is 3.10. The van der Waals surface area contributed by atoms with E-state index in [0.29, 0.717) is 56.1 Å². The molecule has 1 saturated heterocycles. The Balaban J connectivity index is 1.17. The van der Waals surface area contributed by atoms with Gasteiger partial charge < -0.3 is 29.2 Å². The number of thioether (sulfide) groups is 1. The molecule has 3 amide bonds. The molecule has 1 atom stereocenters. The molecule has 8 rings (SSSR count). The number of hydrogen-bond acceptors (Lipinski definition) is 7. The standard InChI is InChI=1S/C46H49N5O5S/c1-30-10-5-8-15-42(30)47-44(52)39-26-43(48(3)31(39)2)40-23-33-16-17-50(46(54)56-37-13-9-14-38(25-37)57-4)27-35(33)24-41(40)45(53)51-28-34-12-7-6-11-32(34)22-36(51)29-49-18-20-55-21-19-49/h5-15,23-26,36H,16-22,27-29H2,1-4H3,(H,47,52)/t36-/m0/s1. The van der Waals surface area contributed by atoms with E-state index in [2.05, 4.69) is 34.5 Å². The minimum Gasteiger partial charge on any atom is -0.410 e. The van der Waals surface area contributed by atoms with Gasteiger partial charge in [-0.1, -0.05) is 48.5 Å². The van der Waals surface area contributed by atoms with Crippen LogP contribution in [0.1, 0.15) is 54.2 Å². The van der Waals surface area contributed by atoms with Crippen LogP contribution in [-0.4, -0.2) is 88.9 Å². The van der Waals surface area contributed by atoms with Gasteiger partial charge in [0.15, 0.2) is 0 Å². The number of hydrogen-bond donors (Lipinski definition) is 1. The first-order chi connectivity index (χ1) is 27.7. The highest BCUT2D eigenvalue weighted by molar-refractivity contribution is 7.98. The zero-order valence-corrected chi connectivity index (χ0v) is 33.9. The predicted molar refractivity (Wildman–Crippen MR) is 224 cm³/mol. The van der Waals surface area contributed by atoms with Crippen LogP contribution in [0.2, 0.25) is 0 Å². The van der Waals surface area contributed by atoms with Gasteiger partial charge in [0.1, 0.15) is 5.75 Å². The lowest BCUT2D eigenvalue weighted by molar-refractivity contribution is 0.0193. The number of aromatic nitrogens is 1. The largest absolute Gasteiger partial charge is 0.415 e. The first-order valence-electron chi connectivity index (χ1n) is 19.6. The molecule has 1 N–H and O–H groups in total. The second-order valence-corrected chi connectivity index (χ2v) is 16.1. The van der Waals surface area contributed by atoms with Crippen LogP contribution in [0.15, 0.2) is 95.9 Å². The number of benzene rings is 4. The fourth-order valence-corrected chi connectivity index (χ4v) is 8.75. The molecule has 3 aliphatic rings. The van der Waals surface area contributed by atoms with Crippen molar-refractivity contribution in [2.45, 2.75) is 50.7 Å². The number of rotatable bonds is 8. The van der Waals surface area contributed by atoms with E-state index in [1.54, 1.807) is 22.7 Å². The smallest absolute Gasteiger partial charge is 0.410 e. The number of aryl methyl sites for hydroxylation is 1. The molecule has 1 aromatic heterocycles. The van der Waals surface area contributed by atoms with Crippen LogP contribution in [0.3, 0.4) is 0 Å². The van der Waals surface area contributed by atoms with E-state index in [0.717, 1.165) is 75.8 Å². The van der Waals surface area contributed by atoms with Crippen LogP contribution in [0.25, 0.3) is 11.3 Å². The normalized spacial score (nSPS) is 16.8. The number of amides is 3. The van der Waals surface area contributed by atoms with Crippen molar-refractivity contribution < 1.29 is 23.9 Å². The Bertz CT molecular complexity index is 2330. The van der Waals surface area contributed by atoms with E-state index in [4.69, 9.17) is 9.47 Å². The fourth-order valence-electron chi connectivity index (χ4n) is 8.30. The van der Waals surface area contributed by atoms with Gasteiger partial charge in [-0.05, 0) is 103 Å². The quantitative estimate of drug-likeness (QED) is 0.161. The van der Waals surface area contributed by atoms with E-state index in [1.165, 1.54) is 5.56 Å². The van der Waals surface area contributed by atoms with Gasteiger partial charge in [-0.15, -0.1) is 11.8 Å². The number of fused-ring (bicyclic) bond motifs is 2. The van der Waals surface area contributed by atoms with Crippen LogP contribution < -0.4 is 10.1 Å². The molecule has 0 bridgehead atoms. The number of carbonyl (C=O) groups is 3. The molecule has 57 heavy (non-hydrogen) atoms. The highest BCUT2D eigenvalue weighted by atomic mass is 32.2. The van der Waals surface area contributed by atoms with Crippen molar-refractivity contribution in [1.82, 2.24) is 19.3 Å². The van der Waals surface area contributed by atoms with Gasteiger partial charge in [-0.2, -0.15) is 0 Å². The number of morpholine rings is 1. The predicted octanol–water partition coefficient (Wildman–Crippen LogP) is 7.74. The Labute approximate surface area is 338 Å². The Morgan fingerprint density at radius 2 is 1.60 bits per heavy atom. The van der Waals surface area contributed by atoms with E-state index in [1.807, 2.05) is 97.3 Å². The monoisotopic (exact) mass is 783 g/mol. The fraction of sp³-hybridized carbons (Fsp3) is 0.326.